The van der Waals surface area contributed by atoms with Crippen molar-refractivity contribution in [2.75, 3.05) is 32.9 Å². The standard InChI is InChI=1S/C18H29NO2/c1-4-6-11-19-12-13-20-14-15-21-18-16(3)9-7-10-17(18)8-5-2/h5,7,9-10,19H,2,4,6,8,11-15H2,1,3H3/p+1. The molecule has 21 heavy (non-hydrogen) atoms. The van der Waals surface area contributed by atoms with Crippen molar-refractivity contribution >= 4 is 0 Å². The molecule has 0 saturated heterocycles. The number of allylic oxidation sites excluding steroid dienone is 1. The van der Waals surface area contributed by atoms with E-state index in [2.05, 4.69) is 43.9 Å². The van der Waals surface area contributed by atoms with Crippen LogP contribution in [0.4, 0.5) is 0 Å². The average molecular weight is 292 g/mol. The van der Waals surface area contributed by atoms with Gasteiger partial charge in [-0.25, -0.2) is 0 Å². The molecule has 0 aliphatic carbocycles. The lowest BCUT2D eigenvalue weighted by molar-refractivity contribution is -0.656. The predicted octanol–water partition coefficient (Wildman–Crippen LogP) is 2.48. The van der Waals surface area contributed by atoms with Gasteiger partial charge in [0, 0.05) is 0 Å². The maximum absolute atomic E-state index is 5.88. The lowest BCUT2D eigenvalue weighted by Crippen LogP contribution is -2.85. The summed E-state index contributed by atoms with van der Waals surface area (Å²) in [6, 6.07) is 6.22. The molecule has 0 amide bonds. The summed E-state index contributed by atoms with van der Waals surface area (Å²) < 4.78 is 11.5. The fourth-order valence-electron chi connectivity index (χ4n) is 2.20. The van der Waals surface area contributed by atoms with Crippen LogP contribution in [0.25, 0.3) is 0 Å². The first kappa shape index (κ1) is 17.7. The summed E-state index contributed by atoms with van der Waals surface area (Å²) in [4.78, 5) is 0. The molecule has 0 aliphatic rings. The Balaban J connectivity index is 2.19. The lowest BCUT2D eigenvalue weighted by Gasteiger charge is -2.13. The zero-order valence-corrected chi connectivity index (χ0v) is 13.6. The lowest BCUT2D eigenvalue weighted by atomic mass is 10.1. The molecule has 118 valence electrons. The highest BCUT2D eigenvalue weighted by atomic mass is 16.5. The fourth-order valence-corrected chi connectivity index (χ4v) is 2.20. The van der Waals surface area contributed by atoms with Gasteiger partial charge in [-0.2, -0.15) is 0 Å². The molecule has 0 heterocycles. The van der Waals surface area contributed by atoms with Gasteiger partial charge in [0.2, 0.25) is 0 Å². The summed E-state index contributed by atoms with van der Waals surface area (Å²) >= 11 is 0. The minimum atomic E-state index is 0.601. The van der Waals surface area contributed by atoms with Crippen molar-refractivity contribution in [3.8, 4) is 5.75 Å². The third-order valence-corrected chi connectivity index (χ3v) is 3.36. The second-order valence-corrected chi connectivity index (χ2v) is 5.24. The normalized spacial score (nSPS) is 10.6. The number of ether oxygens (including phenoxy) is 2. The Labute approximate surface area is 129 Å². The minimum absolute atomic E-state index is 0.601. The highest BCUT2D eigenvalue weighted by Gasteiger charge is 2.05. The number of hydrogen-bond donors (Lipinski definition) is 1. The maximum Gasteiger partial charge on any atom is 0.125 e. The van der Waals surface area contributed by atoms with Gasteiger partial charge in [-0.15, -0.1) is 6.58 Å². The van der Waals surface area contributed by atoms with Crippen molar-refractivity contribution in [1.82, 2.24) is 0 Å². The molecule has 0 aliphatic heterocycles. The molecule has 0 fully saturated rings. The average Bonchev–Trinajstić information content (AvgIpc) is 2.48. The number of aryl methyl sites for hydroxylation is 1. The molecule has 0 bridgehead atoms. The second-order valence-electron chi connectivity index (χ2n) is 5.24. The van der Waals surface area contributed by atoms with E-state index in [4.69, 9.17) is 9.47 Å². The van der Waals surface area contributed by atoms with Gasteiger partial charge in [-0.1, -0.05) is 37.6 Å². The van der Waals surface area contributed by atoms with E-state index in [1.54, 1.807) is 0 Å². The van der Waals surface area contributed by atoms with Crippen LogP contribution in [0.5, 0.6) is 5.75 Å². The van der Waals surface area contributed by atoms with Gasteiger partial charge in [0.25, 0.3) is 0 Å². The molecule has 0 aromatic heterocycles. The van der Waals surface area contributed by atoms with Crippen molar-refractivity contribution in [2.24, 2.45) is 0 Å². The zero-order valence-electron chi connectivity index (χ0n) is 13.6. The molecule has 1 aromatic carbocycles. The summed E-state index contributed by atoms with van der Waals surface area (Å²) in [5.74, 6) is 0.982. The first-order valence-electron chi connectivity index (χ1n) is 8.01. The number of quaternary nitrogens is 1. The van der Waals surface area contributed by atoms with E-state index >= 15 is 0 Å². The summed E-state index contributed by atoms with van der Waals surface area (Å²) in [6.45, 7) is 12.4. The van der Waals surface area contributed by atoms with Gasteiger partial charge in [-0.05, 0) is 30.9 Å². The van der Waals surface area contributed by atoms with Crippen molar-refractivity contribution < 1.29 is 14.8 Å². The van der Waals surface area contributed by atoms with Crippen LogP contribution in [0.3, 0.4) is 0 Å². The van der Waals surface area contributed by atoms with E-state index in [0.717, 1.165) is 25.3 Å². The fraction of sp³-hybridized carbons (Fsp3) is 0.556. The van der Waals surface area contributed by atoms with Gasteiger partial charge in [-0.3, -0.25) is 0 Å². The monoisotopic (exact) mass is 292 g/mol. The summed E-state index contributed by atoms with van der Waals surface area (Å²) in [5, 5.41) is 2.31. The number of nitrogens with two attached hydrogens (primary N) is 1. The predicted molar refractivity (Wildman–Crippen MR) is 88.0 cm³/mol. The summed E-state index contributed by atoms with van der Waals surface area (Å²) in [5.41, 5.74) is 2.36. The molecule has 0 radical (unpaired) electrons. The van der Waals surface area contributed by atoms with Crippen LogP contribution in [0, 0.1) is 6.92 Å². The number of benzene rings is 1. The molecule has 2 N–H and O–H groups in total. The van der Waals surface area contributed by atoms with E-state index in [9.17, 15) is 0 Å². The summed E-state index contributed by atoms with van der Waals surface area (Å²) in [7, 11) is 0. The molecular weight excluding hydrogens is 262 g/mol. The van der Waals surface area contributed by atoms with Crippen LogP contribution in [0.15, 0.2) is 30.9 Å². The third kappa shape index (κ3) is 7.30. The van der Waals surface area contributed by atoms with Crippen molar-refractivity contribution in [3.63, 3.8) is 0 Å². The van der Waals surface area contributed by atoms with E-state index < -0.39 is 0 Å². The minimum Gasteiger partial charge on any atom is -0.491 e. The van der Waals surface area contributed by atoms with Crippen LogP contribution in [0.1, 0.15) is 30.9 Å². The molecule has 0 saturated carbocycles. The molecule has 0 atom stereocenters. The third-order valence-electron chi connectivity index (χ3n) is 3.36. The van der Waals surface area contributed by atoms with Gasteiger partial charge >= 0.3 is 0 Å². The van der Waals surface area contributed by atoms with Crippen molar-refractivity contribution in [2.45, 2.75) is 33.1 Å². The van der Waals surface area contributed by atoms with Crippen LogP contribution in [-0.2, 0) is 11.2 Å². The highest BCUT2D eigenvalue weighted by molar-refractivity contribution is 5.41. The van der Waals surface area contributed by atoms with E-state index in [0.29, 0.717) is 13.2 Å². The maximum atomic E-state index is 5.88. The Morgan fingerprint density at radius 1 is 1.19 bits per heavy atom. The van der Waals surface area contributed by atoms with Crippen LogP contribution in [-0.4, -0.2) is 32.9 Å². The van der Waals surface area contributed by atoms with Crippen LogP contribution in [0.2, 0.25) is 0 Å². The Hall–Kier alpha value is -1.32. The number of hydrogen-bond acceptors (Lipinski definition) is 2. The first-order valence-corrected chi connectivity index (χ1v) is 8.01. The molecule has 1 aromatic rings. The SMILES string of the molecule is C=CCc1cccc(C)c1OCCOCC[NH2+]CCCC. The Kier molecular flexibility index (Phi) is 9.58. The quantitative estimate of drug-likeness (QED) is 0.474. The Morgan fingerprint density at radius 2 is 2.05 bits per heavy atom. The van der Waals surface area contributed by atoms with Gasteiger partial charge in [0.05, 0.1) is 26.3 Å². The van der Waals surface area contributed by atoms with E-state index in [1.807, 2.05) is 6.08 Å². The molecule has 3 heteroatoms. The van der Waals surface area contributed by atoms with Gasteiger partial charge in [0.1, 0.15) is 12.4 Å². The molecular formula is C18H30NO2+. The topological polar surface area (TPSA) is 35.1 Å². The van der Waals surface area contributed by atoms with E-state index in [1.165, 1.54) is 30.5 Å². The Morgan fingerprint density at radius 3 is 2.81 bits per heavy atom. The molecule has 0 spiro atoms. The molecule has 3 nitrogen and oxygen atoms in total. The van der Waals surface area contributed by atoms with Crippen molar-refractivity contribution in [3.05, 3.63) is 42.0 Å². The molecule has 0 unspecified atom stereocenters. The highest BCUT2D eigenvalue weighted by Crippen LogP contribution is 2.23. The first-order chi connectivity index (χ1) is 10.3. The largest absolute Gasteiger partial charge is 0.491 e. The van der Waals surface area contributed by atoms with Gasteiger partial charge in [0.15, 0.2) is 0 Å². The zero-order chi connectivity index (χ0) is 15.3. The van der Waals surface area contributed by atoms with Gasteiger partial charge < -0.3 is 14.8 Å². The number of rotatable bonds is 12. The number of para-hydroxylation sites is 1. The van der Waals surface area contributed by atoms with Crippen molar-refractivity contribution in [1.29, 1.82) is 0 Å². The van der Waals surface area contributed by atoms with E-state index in [-0.39, 0.29) is 0 Å². The molecule has 1 rings (SSSR count). The van der Waals surface area contributed by atoms with Crippen LogP contribution >= 0.6 is 0 Å². The smallest absolute Gasteiger partial charge is 0.125 e. The summed E-state index contributed by atoms with van der Waals surface area (Å²) in [6.07, 6.45) is 5.28. The number of unbranched alkanes of at least 4 members (excludes halogenated alkanes) is 1. The second kappa shape index (κ2) is 11.4. The Bertz CT molecular complexity index is 404. The van der Waals surface area contributed by atoms with Crippen LogP contribution < -0.4 is 10.1 Å².